The zero-order chi connectivity index (χ0) is 15.1. The molecule has 2 fully saturated rings. The maximum Gasteiger partial charge on any atom is 0.191 e. The number of piperidine rings is 1. The van der Waals surface area contributed by atoms with Crippen LogP contribution in [0.1, 0.15) is 32.6 Å². The molecule has 1 atom stereocenters. The van der Waals surface area contributed by atoms with Gasteiger partial charge in [-0.25, -0.2) is 0 Å². The lowest BCUT2D eigenvalue weighted by Crippen LogP contribution is -2.49. The highest BCUT2D eigenvalue weighted by Crippen LogP contribution is 2.13. The summed E-state index contributed by atoms with van der Waals surface area (Å²) in [6, 6.07) is 0.579. The molecule has 0 radical (unpaired) electrons. The zero-order valence-corrected chi connectivity index (χ0v) is 14.1. The van der Waals surface area contributed by atoms with Crippen LogP contribution in [-0.2, 0) is 0 Å². The Kier molecular flexibility index (Phi) is 6.77. The van der Waals surface area contributed by atoms with Crippen LogP contribution in [0.5, 0.6) is 0 Å². The Balaban J connectivity index is 1.66. The molecular formula is C16H33N5. The van der Waals surface area contributed by atoms with Crippen LogP contribution in [-0.4, -0.2) is 75.2 Å². The summed E-state index contributed by atoms with van der Waals surface area (Å²) in [6.07, 6.45) is 5.02. The molecule has 0 saturated carbocycles. The molecule has 122 valence electrons. The van der Waals surface area contributed by atoms with Crippen LogP contribution in [0.3, 0.4) is 0 Å². The molecule has 2 aliphatic heterocycles. The molecule has 2 aliphatic rings. The third-order valence-corrected chi connectivity index (χ3v) is 4.74. The van der Waals surface area contributed by atoms with E-state index in [1.807, 2.05) is 7.05 Å². The molecule has 0 amide bonds. The van der Waals surface area contributed by atoms with Gasteiger partial charge in [0.15, 0.2) is 5.96 Å². The monoisotopic (exact) mass is 295 g/mol. The molecule has 2 saturated heterocycles. The molecule has 0 aliphatic carbocycles. The van der Waals surface area contributed by atoms with Crippen molar-refractivity contribution < 1.29 is 0 Å². The number of aliphatic imine (C=N–C) groups is 1. The minimum Gasteiger partial charge on any atom is -0.356 e. The lowest BCUT2D eigenvalue weighted by molar-refractivity contribution is 0.206. The van der Waals surface area contributed by atoms with Crippen molar-refractivity contribution in [2.75, 3.05) is 53.4 Å². The molecule has 2 heterocycles. The van der Waals surface area contributed by atoms with Crippen LogP contribution < -0.4 is 10.6 Å². The van der Waals surface area contributed by atoms with Crippen molar-refractivity contribution >= 4 is 5.96 Å². The van der Waals surface area contributed by atoms with Gasteiger partial charge in [-0.05, 0) is 51.7 Å². The highest BCUT2D eigenvalue weighted by Gasteiger charge is 2.21. The van der Waals surface area contributed by atoms with E-state index in [1.165, 1.54) is 58.4 Å². The van der Waals surface area contributed by atoms with E-state index in [9.17, 15) is 0 Å². The average Bonchev–Trinajstić information content (AvgIpc) is 2.91. The Bertz CT molecular complexity index is 323. The summed E-state index contributed by atoms with van der Waals surface area (Å²) >= 11 is 0. The molecule has 2 N–H and O–H groups in total. The first-order valence-corrected chi connectivity index (χ1v) is 8.59. The number of guanidine groups is 1. The minimum atomic E-state index is 0.579. The summed E-state index contributed by atoms with van der Waals surface area (Å²) in [6.45, 7) is 9.42. The molecule has 1 unspecified atom stereocenters. The number of hydrogen-bond acceptors (Lipinski definition) is 3. The largest absolute Gasteiger partial charge is 0.356 e. The first-order chi connectivity index (χ1) is 10.2. The van der Waals surface area contributed by atoms with Crippen molar-refractivity contribution in [3.8, 4) is 0 Å². The molecule has 0 spiro atoms. The van der Waals surface area contributed by atoms with E-state index in [-0.39, 0.29) is 0 Å². The average molecular weight is 295 g/mol. The summed E-state index contributed by atoms with van der Waals surface area (Å²) in [4.78, 5) is 9.37. The van der Waals surface area contributed by atoms with Gasteiger partial charge in [0.2, 0.25) is 0 Å². The molecule has 5 heteroatoms. The van der Waals surface area contributed by atoms with Crippen molar-refractivity contribution in [2.45, 2.75) is 38.6 Å². The Morgan fingerprint density at radius 1 is 1.19 bits per heavy atom. The summed E-state index contributed by atoms with van der Waals surface area (Å²) in [5, 5.41) is 7.12. The first kappa shape index (κ1) is 16.6. The zero-order valence-electron chi connectivity index (χ0n) is 14.1. The van der Waals surface area contributed by atoms with Gasteiger partial charge in [-0.1, -0.05) is 6.92 Å². The minimum absolute atomic E-state index is 0.579. The summed E-state index contributed by atoms with van der Waals surface area (Å²) in [5.41, 5.74) is 0. The molecular weight excluding hydrogens is 262 g/mol. The van der Waals surface area contributed by atoms with Crippen LogP contribution >= 0.6 is 0 Å². The summed E-state index contributed by atoms with van der Waals surface area (Å²) in [7, 11) is 4.08. The van der Waals surface area contributed by atoms with Gasteiger partial charge >= 0.3 is 0 Å². The quantitative estimate of drug-likeness (QED) is 0.586. The van der Waals surface area contributed by atoms with E-state index in [4.69, 9.17) is 0 Å². The SMILES string of the molecule is CCCN1CCC(NC(=NC)NCC2CCN(C)C2)CC1. The van der Waals surface area contributed by atoms with Crippen LogP contribution in [0.15, 0.2) is 4.99 Å². The lowest BCUT2D eigenvalue weighted by atomic mass is 10.1. The summed E-state index contributed by atoms with van der Waals surface area (Å²) < 4.78 is 0. The van der Waals surface area contributed by atoms with Crippen molar-refractivity contribution in [1.82, 2.24) is 20.4 Å². The van der Waals surface area contributed by atoms with Crippen LogP contribution in [0.25, 0.3) is 0 Å². The summed E-state index contributed by atoms with van der Waals surface area (Å²) in [5.74, 6) is 1.75. The molecule has 21 heavy (non-hydrogen) atoms. The van der Waals surface area contributed by atoms with Gasteiger partial charge in [0.25, 0.3) is 0 Å². The Morgan fingerprint density at radius 3 is 2.52 bits per heavy atom. The van der Waals surface area contributed by atoms with E-state index in [2.05, 4.69) is 39.4 Å². The fourth-order valence-electron chi connectivity index (χ4n) is 3.44. The van der Waals surface area contributed by atoms with Crippen molar-refractivity contribution in [1.29, 1.82) is 0 Å². The Morgan fingerprint density at radius 2 is 1.95 bits per heavy atom. The number of nitrogens with one attached hydrogen (secondary N) is 2. The predicted molar refractivity (Wildman–Crippen MR) is 89.9 cm³/mol. The molecule has 0 bridgehead atoms. The van der Waals surface area contributed by atoms with Gasteiger partial charge in [0, 0.05) is 39.3 Å². The van der Waals surface area contributed by atoms with Gasteiger partial charge in [-0.3, -0.25) is 4.99 Å². The second kappa shape index (κ2) is 8.59. The number of nitrogens with zero attached hydrogens (tertiary/aromatic N) is 3. The van der Waals surface area contributed by atoms with Gasteiger partial charge in [0.05, 0.1) is 0 Å². The molecule has 5 nitrogen and oxygen atoms in total. The molecule has 0 aromatic rings. The fraction of sp³-hybridized carbons (Fsp3) is 0.938. The highest BCUT2D eigenvalue weighted by molar-refractivity contribution is 5.79. The first-order valence-electron chi connectivity index (χ1n) is 8.59. The Labute approximate surface area is 130 Å². The van der Waals surface area contributed by atoms with Crippen LogP contribution in [0.4, 0.5) is 0 Å². The van der Waals surface area contributed by atoms with Gasteiger partial charge < -0.3 is 20.4 Å². The van der Waals surface area contributed by atoms with Gasteiger partial charge in [-0.15, -0.1) is 0 Å². The van der Waals surface area contributed by atoms with Crippen LogP contribution in [0, 0.1) is 5.92 Å². The van der Waals surface area contributed by atoms with Crippen molar-refractivity contribution in [2.24, 2.45) is 10.9 Å². The molecule has 2 rings (SSSR count). The molecule has 0 aromatic heterocycles. The standard InChI is InChI=1S/C16H33N5/c1-4-8-21-10-6-15(7-11-21)19-16(17-2)18-12-14-5-9-20(3)13-14/h14-15H,4-13H2,1-3H3,(H2,17,18,19). The number of likely N-dealkylation sites (tertiary alicyclic amines) is 2. The second-order valence-corrected chi connectivity index (χ2v) is 6.63. The third-order valence-electron chi connectivity index (χ3n) is 4.74. The van der Waals surface area contributed by atoms with Crippen LogP contribution in [0.2, 0.25) is 0 Å². The number of hydrogen-bond donors (Lipinski definition) is 2. The predicted octanol–water partition coefficient (Wildman–Crippen LogP) is 0.978. The second-order valence-electron chi connectivity index (χ2n) is 6.63. The lowest BCUT2D eigenvalue weighted by Gasteiger charge is -2.33. The number of rotatable bonds is 5. The topological polar surface area (TPSA) is 42.9 Å². The van der Waals surface area contributed by atoms with E-state index in [0.717, 1.165) is 18.4 Å². The normalized spacial score (nSPS) is 26.2. The van der Waals surface area contributed by atoms with E-state index in [0.29, 0.717) is 6.04 Å². The smallest absolute Gasteiger partial charge is 0.191 e. The maximum absolute atomic E-state index is 4.38. The molecule has 0 aromatic carbocycles. The fourth-order valence-corrected chi connectivity index (χ4v) is 3.44. The Hall–Kier alpha value is -0.810. The van der Waals surface area contributed by atoms with E-state index in [1.54, 1.807) is 0 Å². The van der Waals surface area contributed by atoms with Crippen molar-refractivity contribution in [3.63, 3.8) is 0 Å². The van der Waals surface area contributed by atoms with Gasteiger partial charge in [0.1, 0.15) is 0 Å². The van der Waals surface area contributed by atoms with Gasteiger partial charge in [-0.2, -0.15) is 0 Å². The van der Waals surface area contributed by atoms with Crippen molar-refractivity contribution in [3.05, 3.63) is 0 Å². The van der Waals surface area contributed by atoms with E-state index >= 15 is 0 Å². The van der Waals surface area contributed by atoms with E-state index < -0.39 is 0 Å². The highest BCUT2D eigenvalue weighted by atomic mass is 15.2. The third kappa shape index (κ3) is 5.47. The maximum atomic E-state index is 4.38.